The second-order valence-electron chi connectivity index (χ2n) is 8.29. The van der Waals surface area contributed by atoms with E-state index in [1.54, 1.807) is 45.0 Å². The van der Waals surface area contributed by atoms with Gasteiger partial charge in [0, 0.05) is 45.1 Å². The molecule has 2 amide bonds. The van der Waals surface area contributed by atoms with Crippen molar-refractivity contribution in [1.29, 1.82) is 0 Å². The molecule has 0 aliphatic carbocycles. The minimum absolute atomic E-state index is 0.130. The van der Waals surface area contributed by atoms with E-state index in [2.05, 4.69) is 15.2 Å². The zero-order valence-electron chi connectivity index (χ0n) is 18.0. The topological polar surface area (TPSA) is 84.0 Å². The second-order valence-corrected chi connectivity index (χ2v) is 8.29. The Kier molecular flexibility index (Phi) is 8.85. The highest BCUT2D eigenvalue weighted by molar-refractivity contribution is 5.85. The summed E-state index contributed by atoms with van der Waals surface area (Å²) in [6.45, 7) is 12.4. The van der Waals surface area contributed by atoms with E-state index in [0.717, 1.165) is 44.8 Å². The molecule has 8 heteroatoms. The van der Waals surface area contributed by atoms with Crippen molar-refractivity contribution in [3.05, 3.63) is 30.1 Å². The Morgan fingerprint density at radius 2 is 1.93 bits per heavy atom. The lowest BCUT2D eigenvalue weighted by Gasteiger charge is -2.30. The van der Waals surface area contributed by atoms with Crippen molar-refractivity contribution < 1.29 is 19.1 Å². The van der Waals surface area contributed by atoms with Crippen LogP contribution >= 0.6 is 0 Å². The van der Waals surface area contributed by atoms with Crippen molar-refractivity contribution in [2.75, 3.05) is 39.4 Å². The maximum atomic E-state index is 13.0. The van der Waals surface area contributed by atoms with E-state index < -0.39 is 17.7 Å². The molecule has 162 valence electrons. The zero-order chi connectivity index (χ0) is 21.3. The van der Waals surface area contributed by atoms with E-state index in [1.165, 1.54) is 0 Å². The first-order valence-electron chi connectivity index (χ1n) is 10.2. The summed E-state index contributed by atoms with van der Waals surface area (Å²) in [7, 11) is 0. The fraction of sp³-hybridized carbons (Fsp3) is 0.667. The van der Waals surface area contributed by atoms with Gasteiger partial charge in [0.25, 0.3) is 0 Å². The fourth-order valence-electron chi connectivity index (χ4n) is 3.11. The molecule has 1 N–H and O–H groups in total. The molecule has 1 aromatic heterocycles. The molecule has 1 atom stereocenters. The predicted octanol–water partition coefficient (Wildman–Crippen LogP) is 2.05. The first-order chi connectivity index (χ1) is 13.7. The molecule has 0 aromatic carbocycles. The van der Waals surface area contributed by atoms with E-state index in [4.69, 9.17) is 9.47 Å². The van der Waals surface area contributed by atoms with Crippen LogP contribution in [0.5, 0.6) is 0 Å². The molecule has 0 saturated carbocycles. The molecule has 8 nitrogen and oxygen atoms in total. The maximum Gasteiger partial charge on any atom is 0.408 e. The van der Waals surface area contributed by atoms with Gasteiger partial charge in [0.15, 0.2) is 0 Å². The molecule has 1 saturated heterocycles. The highest BCUT2D eigenvalue weighted by Crippen LogP contribution is 2.10. The van der Waals surface area contributed by atoms with Crippen LogP contribution in [0, 0.1) is 0 Å². The van der Waals surface area contributed by atoms with Gasteiger partial charge in [-0.3, -0.25) is 14.7 Å². The number of nitrogens with one attached hydrogen (secondary N) is 1. The first kappa shape index (κ1) is 23.1. The number of hydrogen-bond acceptors (Lipinski definition) is 6. The molecule has 0 bridgehead atoms. The highest BCUT2D eigenvalue weighted by Gasteiger charge is 2.25. The van der Waals surface area contributed by atoms with Crippen LogP contribution in [-0.2, 0) is 20.8 Å². The molecule has 0 radical (unpaired) electrons. The van der Waals surface area contributed by atoms with Gasteiger partial charge in [0.05, 0.1) is 13.2 Å². The second kappa shape index (κ2) is 11.1. The minimum Gasteiger partial charge on any atom is -0.444 e. The van der Waals surface area contributed by atoms with Crippen molar-refractivity contribution in [2.24, 2.45) is 0 Å². The average Bonchev–Trinajstić information content (AvgIpc) is 2.66. The first-order valence-corrected chi connectivity index (χ1v) is 10.2. The van der Waals surface area contributed by atoms with Gasteiger partial charge in [-0.1, -0.05) is 0 Å². The predicted molar refractivity (Wildman–Crippen MR) is 110 cm³/mol. The van der Waals surface area contributed by atoms with Gasteiger partial charge in [0.2, 0.25) is 5.91 Å². The van der Waals surface area contributed by atoms with Crippen LogP contribution in [0.15, 0.2) is 24.5 Å². The number of hydrogen-bond donors (Lipinski definition) is 1. The normalized spacial score (nSPS) is 16.1. The summed E-state index contributed by atoms with van der Waals surface area (Å²) in [6.07, 6.45) is 3.70. The van der Waals surface area contributed by atoms with Crippen LogP contribution in [0.25, 0.3) is 0 Å². The van der Waals surface area contributed by atoms with Crippen molar-refractivity contribution >= 4 is 12.0 Å². The number of morpholine rings is 1. The molecule has 1 unspecified atom stereocenters. The van der Waals surface area contributed by atoms with Crippen molar-refractivity contribution in [3.63, 3.8) is 0 Å². The van der Waals surface area contributed by atoms with E-state index in [0.29, 0.717) is 13.1 Å². The lowest BCUT2D eigenvalue weighted by Crippen LogP contribution is -2.48. The molecule has 0 spiro atoms. The van der Waals surface area contributed by atoms with Crippen molar-refractivity contribution in [2.45, 2.75) is 52.3 Å². The van der Waals surface area contributed by atoms with Gasteiger partial charge in [-0.05, 0) is 51.8 Å². The fourth-order valence-corrected chi connectivity index (χ4v) is 3.11. The molecular formula is C21H34N4O4. The SMILES string of the molecule is CC(NC(=O)OC(C)(C)C)C(=O)N(CCCN1CCOCC1)Cc1ccncc1. The number of rotatable bonds is 8. The van der Waals surface area contributed by atoms with Crippen LogP contribution in [-0.4, -0.2) is 77.8 Å². The monoisotopic (exact) mass is 406 g/mol. The average molecular weight is 407 g/mol. The van der Waals surface area contributed by atoms with Crippen LogP contribution in [0.1, 0.15) is 39.7 Å². The smallest absolute Gasteiger partial charge is 0.408 e. The van der Waals surface area contributed by atoms with Gasteiger partial charge in [-0.25, -0.2) is 4.79 Å². The Hall–Kier alpha value is -2.19. The third-order valence-corrected chi connectivity index (χ3v) is 4.54. The standard InChI is InChI=1S/C21H34N4O4/c1-17(23-20(27)29-21(2,3)4)19(26)25(16-18-6-8-22-9-7-18)11-5-10-24-12-14-28-15-13-24/h6-9,17H,5,10-16H2,1-4H3,(H,23,27). The largest absolute Gasteiger partial charge is 0.444 e. The number of alkyl carbamates (subject to hydrolysis) is 1. The molecule has 1 aromatic rings. The van der Waals surface area contributed by atoms with Gasteiger partial charge in [-0.2, -0.15) is 0 Å². The summed E-state index contributed by atoms with van der Waals surface area (Å²) >= 11 is 0. The quantitative estimate of drug-likeness (QED) is 0.711. The number of ether oxygens (including phenoxy) is 2. The third-order valence-electron chi connectivity index (χ3n) is 4.54. The Morgan fingerprint density at radius 3 is 2.55 bits per heavy atom. The molecule has 29 heavy (non-hydrogen) atoms. The third kappa shape index (κ3) is 8.79. The summed E-state index contributed by atoms with van der Waals surface area (Å²) in [5.74, 6) is -0.130. The summed E-state index contributed by atoms with van der Waals surface area (Å²) in [5, 5.41) is 2.65. The lowest BCUT2D eigenvalue weighted by atomic mass is 10.2. The summed E-state index contributed by atoms with van der Waals surface area (Å²) in [6, 6.07) is 3.12. The Bertz CT molecular complexity index is 642. The highest BCUT2D eigenvalue weighted by atomic mass is 16.6. The molecular weight excluding hydrogens is 372 g/mol. The number of pyridine rings is 1. The lowest BCUT2D eigenvalue weighted by molar-refractivity contribution is -0.133. The Morgan fingerprint density at radius 1 is 1.28 bits per heavy atom. The molecule has 1 aliphatic heterocycles. The number of aromatic nitrogens is 1. The maximum absolute atomic E-state index is 13.0. The molecule has 2 rings (SSSR count). The summed E-state index contributed by atoms with van der Waals surface area (Å²) < 4.78 is 10.7. The van der Waals surface area contributed by atoms with E-state index in [9.17, 15) is 9.59 Å². The van der Waals surface area contributed by atoms with Crippen molar-refractivity contribution in [3.8, 4) is 0 Å². The number of amides is 2. The van der Waals surface area contributed by atoms with Gasteiger partial charge in [0.1, 0.15) is 11.6 Å². The summed E-state index contributed by atoms with van der Waals surface area (Å²) in [5.41, 5.74) is 0.394. The number of carbonyl (C=O) groups excluding carboxylic acids is 2. The van der Waals surface area contributed by atoms with E-state index in [1.807, 2.05) is 12.1 Å². The molecule has 1 aliphatic rings. The molecule has 1 fully saturated rings. The van der Waals surface area contributed by atoms with Crippen LogP contribution < -0.4 is 5.32 Å². The minimum atomic E-state index is -0.671. The van der Waals surface area contributed by atoms with Gasteiger partial charge < -0.3 is 19.7 Å². The van der Waals surface area contributed by atoms with E-state index in [-0.39, 0.29) is 5.91 Å². The van der Waals surface area contributed by atoms with Crippen molar-refractivity contribution in [1.82, 2.24) is 20.1 Å². The molecule has 2 heterocycles. The van der Waals surface area contributed by atoms with Gasteiger partial charge >= 0.3 is 6.09 Å². The van der Waals surface area contributed by atoms with Crippen LogP contribution in [0.2, 0.25) is 0 Å². The Labute approximate surface area is 173 Å². The Balaban J connectivity index is 1.94. The van der Waals surface area contributed by atoms with Crippen LogP contribution in [0.4, 0.5) is 4.79 Å². The summed E-state index contributed by atoms with van der Waals surface area (Å²) in [4.78, 5) is 33.3. The van der Waals surface area contributed by atoms with E-state index >= 15 is 0 Å². The number of nitrogens with zero attached hydrogens (tertiary/aromatic N) is 3. The van der Waals surface area contributed by atoms with Crippen LogP contribution in [0.3, 0.4) is 0 Å². The zero-order valence-corrected chi connectivity index (χ0v) is 18.0. The number of carbonyl (C=O) groups is 2. The van der Waals surface area contributed by atoms with Gasteiger partial charge in [-0.15, -0.1) is 0 Å².